The average molecular weight is 400 g/mol. The fraction of sp³-hybridized carbons (Fsp3) is 0.381. The van der Waals surface area contributed by atoms with Crippen molar-refractivity contribution in [3.05, 3.63) is 48.4 Å². The number of nitrogens with one attached hydrogen (secondary N) is 1. The quantitative estimate of drug-likeness (QED) is 0.745. The third-order valence-corrected chi connectivity index (χ3v) is 5.02. The molecule has 2 amide bonds. The number of rotatable bonds is 7. The lowest BCUT2D eigenvalue weighted by Gasteiger charge is -2.34. The van der Waals surface area contributed by atoms with Crippen LogP contribution in [0.1, 0.15) is 19.3 Å². The third-order valence-electron chi connectivity index (χ3n) is 5.02. The van der Waals surface area contributed by atoms with Crippen molar-refractivity contribution in [2.75, 3.05) is 31.1 Å². The van der Waals surface area contributed by atoms with E-state index in [1.807, 2.05) is 12.1 Å². The van der Waals surface area contributed by atoms with Gasteiger partial charge in [0.05, 0.1) is 0 Å². The van der Waals surface area contributed by atoms with Gasteiger partial charge in [-0.05, 0) is 55.0 Å². The molecule has 2 aromatic rings. The summed E-state index contributed by atoms with van der Waals surface area (Å²) in [6, 6.07) is 10.3. The van der Waals surface area contributed by atoms with Crippen LogP contribution in [0.5, 0.6) is 0 Å². The van der Waals surface area contributed by atoms with Crippen LogP contribution in [0, 0.1) is 11.7 Å². The van der Waals surface area contributed by atoms with E-state index < -0.39 is 18.6 Å². The van der Waals surface area contributed by atoms with E-state index >= 15 is 0 Å². The number of alkyl carbamates (subject to hydrolysis) is 1. The van der Waals surface area contributed by atoms with Gasteiger partial charge in [0.25, 0.3) is 5.91 Å². The Hall–Kier alpha value is -3.16. The zero-order chi connectivity index (χ0) is 20.6. The molecule has 8 heteroatoms. The van der Waals surface area contributed by atoms with Crippen molar-refractivity contribution < 1.29 is 18.7 Å². The van der Waals surface area contributed by atoms with Gasteiger partial charge in [-0.1, -0.05) is 12.1 Å². The molecule has 0 saturated carbocycles. The lowest BCUT2D eigenvalue weighted by atomic mass is 9.93. The van der Waals surface area contributed by atoms with Crippen molar-refractivity contribution >= 4 is 17.8 Å². The van der Waals surface area contributed by atoms with Crippen molar-refractivity contribution in [1.82, 2.24) is 10.3 Å². The van der Waals surface area contributed by atoms with Gasteiger partial charge in [0.2, 0.25) is 0 Å². The summed E-state index contributed by atoms with van der Waals surface area (Å²) >= 11 is 0. The van der Waals surface area contributed by atoms with E-state index in [0.29, 0.717) is 12.5 Å². The molecule has 1 aromatic heterocycles. The maximum absolute atomic E-state index is 13.3. The Labute approximate surface area is 169 Å². The molecule has 0 radical (unpaired) electrons. The van der Waals surface area contributed by atoms with Crippen LogP contribution >= 0.6 is 0 Å². The Morgan fingerprint density at radius 1 is 1.21 bits per heavy atom. The predicted molar refractivity (Wildman–Crippen MR) is 108 cm³/mol. The second-order valence-corrected chi connectivity index (χ2v) is 7.07. The van der Waals surface area contributed by atoms with Crippen LogP contribution in [0.4, 0.5) is 15.0 Å². The summed E-state index contributed by atoms with van der Waals surface area (Å²) in [6.07, 6.45) is 3.95. The van der Waals surface area contributed by atoms with Crippen molar-refractivity contribution in [2.24, 2.45) is 11.7 Å². The Kier molecular flexibility index (Phi) is 6.99. The molecule has 1 aromatic carbocycles. The zero-order valence-electron chi connectivity index (χ0n) is 16.1. The number of nitrogens with two attached hydrogens (primary N) is 1. The molecule has 0 unspecified atom stereocenters. The Morgan fingerprint density at radius 3 is 2.62 bits per heavy atom. The van der Waals surface area contributed by atoms with Crippen molar-refractivity contribution in [2.45, 2.75) is 19.3 Å². The molecule has 0 bridgehead atoms. The number of ether oxygens (including phenoxy) is 1. The minimum Gasteiger partial charge on any atom is -0.439 e. The first kappa shape index (κ1) is 20.6. The number of piperidine rings is 1. The molecule has 29 heavy (non-hydrogen) atoms. The van der Waals surface area contributed by atoms with E-state index in [4.69, 9.17) is 5.73 Å². The minimum atomic E-state index is -0.679. The van der Waals surface area contributed by atoms with Gasteiger partial charge in [-0.15, -0.1) is 0 Å². The number of halogens is 1. The second-order valence-electron chi connectivity index (χ2n) is 7.07. The molecule has 0 spiro atoms. The second kappa shape index (κ2) is 9.86. The first-order valence-corrected chi connectivity index (χ1v) is 9.68. The molecule has 2 heterocycles. The van der Waals surface area contributed by atoms with E-state index in [-0.39, 0.29) is 5.82 Å². The van der Waals surface area contributed by atoms with Gasteiger partial charge in [-0.3, -0.25) is 4.79 Å². The Bertz CT molecular complexity index is 836. The number of carbonyl (C=O) groups is 2. The van der Waals surface area contributed by atoms with Crippen LogP contribution in [-0.2, 0) is 9.53 Å². The molecule has 0 aliphatic carbocycles. The Balaban J connectivity index is 1.51. The minimum absolute atomic E-state index is 0.257. The van der Waals surface area contributed by atoms with Crippen LogP contribution in [-0.4, -0.2) is 43.2 Å². The van der Waals surface area contributed by atoms with Crippen molar-refractivity contribution in [3.8, 4) is 11.1 Å². The molecule has 3 rings (SSSR count). The third kappa shape index (κ3) is 5.91. The molecule has 1 aliphatic rings. The van der Waals surface area contributed by atoms with Gasteiger partial charge in [0.15, 0.2) is 6.61 Å². The summed E-state index contributed by atoms with van der Waals surface area (Å²) in [4.78, 5) is 28.9. The molecule has 1 fully saturated rings. The Morgan fingerprint density at radius 2 is 1.93 bits per heavy atom. The van der Waals surface area contributed by atoms with Gasteiger partial charge in [0.1, 0.15) is 11.6 Å². The maximum Gasteiger partial charge on any atom is 0.407 e. The van der Waals surface area contributed by atoms with Crippen molar-refractivity contribution in [1.29, 1.82) is 0 Å². The van der Waals surface area contributed by atoms with Gasteiger partial charge in [-0.25, -0.2) is 14.2 Å². The van der Waals surface area contributed by atoms with Crippen LogP contribution in [0.25, 0.3) is 11.1 Å². The molecule has 1 saturated heterocycles. The average Bonchev–Trinajstić information content (AvgIpc) is 2.73. The van der Waals surface area contributed by atoms with Gasteiger partial charge >= 0.3 is 6.09 Å². The fourth-order valence-corrected chi connectivity index (χ4v) is 3.50. The highest BCUT2D eigenvalue weighted by Crippen LogP contribution is 2.32. The van der Waals surface area contributed by atoms with Crippen LogP contribution < -0.4 is 16.0 Å². The van der Waals surface area contributed by atoms with E-state index in [0.717, 1.165) is 49.3 Å². The predicted octanol–water partition coefficient (Wildman–Crippen LogP) is 2.71. The monoisotopic (exact) mass is 400 g/mol. The molecule has 0 atom stereocenters. The smallest absolute Gasteiger partial charge is 0.407 e. The lowest BCUT2D eigenvalue weighted by Crippen LogP contribution is -2.36. The maximum atomic E-state index is 13.3. The van der Waals surface area contributed by atoms with Gasteiger partial charge in [0, 0.05) is 31.4 Å². The highest BCUT2D eigenvalue weighted by Gasteiger charge is 2.22. The number of aromatic nitrogens is 1. The number of nitrogens with zero attached hydrogens (tertiary/aromatic N) is 2. The van der Waals surface area contributed by atoms with E-state index in [1.54, 1.807) is 18.3 Å². The van der Waals surface area contributed by atoms with Crippen LogP contribution in [0.2, 0.25) is 0 Å². The summed E-state index contributed by atoms with van der Waals surface area (Å²) in [7, 11) is 0. The number of hydrogen-bond acceptors (Lipinski definition) is 5. The number of carbonyl (C=O) groups excluding carboxylic acids is 2. The van der Waals surface area contributed by atoms with Gasteiger partial charge in [-0.2, -0.15) is 0 Å². The number of hydrogen-bond donors (Lipinski definition) is 2. The SMILES string of the molecule is NC(=O)COC(=O)NCCC1CCN(c2ncccc2-c2ccc(F)cc2)CC1. The zero-order valence-corrected chi connectivity index (χ0v) is 16.1. The molecular formula is C21H25FN4O3. The molecule has 7 nitrogen and oxygen atoms in total. The summed E-state index contributed by atoms with van der Waals surface area (Å²) in [6.45, 7) is 1.81. The normalized spacial score (nSPS) is 14.4. The summed E-state index contributed by atoms with van der Waals surface area (Å²) in [5.74, 6) is 0.459. The van der Waals surface area contributed by atoms with E-state index in [2.05, 4.69) is 19.9 Å². The number of anilines is 1. The van der Waals surface area contributed by atoms with Crippen LogP contribution in [0.15, 0.2) is 42.6 Å². The summed E-state index contributed by atoms with van der Waals surface area (Å²) in [5, 5.41) is 2.64. The van der Waals surface area contributed by atoms with Crippen LogP contribution in [0.3, 0.4) is 0 Å². The molecular weight excluding hydrogens is 375 g/mol. The van der Waals surface area contributed by atoms with E-state index in [9.17, 15) is 14.0 Å². The van der Waals surface area contributed by atoms with Crippen molar-refractivity contribution in [3.63, 3.8) is 0 Å². The molecule has 3 N–H and O–H groups in total. The highest BCUT2D eigenvalue weighted by molar-refractivity contribution is 5.78. The summed E-state index contributed by atoms with van der Waals surface area (Å²) < 4.78 is 17.9. The number of primary amides is 1. The topological polar surface area (TPSA) is 97.6 Å². The molecule has 1 aliphatic heterocycles. The fourth-order valence-electron chi connectivity index (χ4n) is 3.50. The first-order chi connectivity index (χ1) is 14.0. The summed E-state index contributed by atoms with van der Waals surface area (Å²) in [5.41, 5.74) is 6.86. The number of amides is 2. The van der Waals surface area contributed by atoms with E-state index in [1.165, 1.54) is 12.1 Å². The van der Waals surface area contributed by atoms with Gasteiger partial charge < -0.3 is 20.7 Å². The highest BCUT2D eigenvalue weighted by atomic mass is 19.1. The number of benzene rings is 1. The lowest BCUT2D eigenvalue weighted by molar-refractivity contribution is -0.120. The number of pyridine rings is 1. The first-order valence-electron chi connectivity index (χ1n) is 9.68. The standard InChI is InChI=1S/C21H25FN4O3/c22-17-5-3-16(4-6-17)18-2-1-10-24-20(18)26-12-8-15(9-13-26)7-11-25-21(28)29-14-19(23)27/h1-6,10,15H,7-9,11-14H2,(H2,23,27)(H,25,28). The largest absolute Gasteiger partial charge is 0.439 e. The molecule has 154 valence electrons.